The van der Waals surface area contributed by atoms with Gasteiger partial charge < -0.3 is 10.6 Å². The summed E-state index contributed by atoms with van der Waals surface area (Å²) in [6, 6.07) is 16.6. The maximum Gasteiger partial charge on any atom is 0.255 e. The Morgan fingerprint density at radius 1 is 1.00 bits per heavy atom. The molecular weight excluding hydrogens is 424 g/mol. The van der Waals surface area contributed by atoms with Crippen LogP contribution in [0, 0.1) is 5.92 Å². The minimum Gasteiger partial charge on any atom is -0.326 e. The summed E-state index contributed by atoms with van der Waals surface area (Å²) in [5.41, 5.74) is 1.42. The van der Waals surface area contributed by atoms with Crippen LogP contribution in [0.1, 0.15) is 38.5 Å². The topological polar surface area (TPSA) is 90.9 Å². The van der Waals surface area contributed by atoms with Crippen molar-refractivity contribution in [2.75, 3.05) is 16.1 Å². The molecular formula is C24H26N4O3S. The number of benzene rings is 2. The summed E-state index contributed by atoms with van der Waals surface area (Å²) in [6.45, 7) is 0. The number of para-hydroxylation sites is 1. The molecule has 0 spiro atoms. The van der Waals surface area contributed by atoms with E-state index in [0.29, 0.717) is 11.5 Å². The maximum absolute atomic E-state index is 12.5. The fourth-order valence-corrected chi connectivity index (χ4v) is 4.64. The molecule has 0 bridgehead atoms. The minimum absolute atomic E-state index is 0.0635. The van der Waals surface area contributed by atoms with E-state index in [1.54, 1.807) is 12.1 Å². The van der Waals surface area contributed by atoms with Crippen molar-refractivity contribution < 1.29 is 14.4 Å². The number of amidine groups is 1. The number of amides is 3. The Bertz CT molecular complexity index is 1020. The minimum atomic E-state index is -0.229. The van der Waals surface area contributed by atoms with Crippen LogP contribution in [0.2, 0.25) is 0 Å². The molecule has 1 aliphatic carbocycles. The lowest BCUT2D eigenvalue weighted by Gasteiger charge is -2.20. The molecule has 1 heterocycles. The lowest BCUT2D eigenvalue weighted by atomic mass is 9.88. The van der Waals surface area contributed by atoms with E-state index in [2.05, 4.69) is 15.7 Å². The van der Waals surface area contributed by atoms with Gasteiger partial charge in [0.1, 0.15) is 5.84 Å². The zero-order valence-electron chi connectivity index (χ0n) is 17.8. The van der Waals surface area contributed by atoms with Gasteiger partial charge in [0.25, 0.3) is 5.91 Å². The van der Waals surface area contributed by atoms with Gasteiger partial charge in [0, 0.05) is 16.5 Å². The van der Waals surface area contributed by atoms with E-state index in [-0.39, 0.29) is 35.8 Å². The molecule has 0 radical (unpaired) electrons. The number of hydrazone groups is 1. The molecule has 2 aliphatic rings. The van der Waals surface area contributed by atoms with E-state index in [0.717, 1.165) is 36.3 Å². The summed E-state index contributed by atoms with van der Waals surface area (Å²) in [4.78, 5) is 37.9. The molecule has 1 fully saturated rings. The number of nitrogens with one attached hydrogen (secondary N) is 2. The van der Waals surface area contributed by atoms with Crippen LogP contribution in [0.15, 0.2) is 64.6 Å². The number of anilines is 2. The van der Waals surface area contributed by atoms with Gasteiger partial charge in [-0.2, -0.15) is 10.1 Å². The van der Waals surface area contributed by atoms with E-state index in [4.69, 9.17) is 0 Å². The number of carbonyl (C=O) groups excluding carboxylic acids is 3. The second-order valence-corrected chi connectivity index (χ2v) is 9.00. The molecule has 2 N–H and O–H groups in total. The molecule has 32 heavy (non-hydrogen) atoms. The van der Waals surface area contributed by atoms with Crippen molar-refractivity contribution in [3.63, 3.8) is 0 Å². The molecule has 0 saturated heterocycles. The molecule has 8 heteroatoms. The third-order valence-corrected chi connectivity index (χ3v) is 6.50. The summed E-state index contributed by atoms with van der Waals surface area (Å²) in [5, 5.41) is 11.3. The van der Waals surface area contributed by atoms with Gasteiger partial charge in [-0.1, -0.05) is 43.5 Å². The Hall–Kier alpha value is -3.13. The van der Waals surface area contributed by atoms with Gasteiger partial charge >= 0.3 is 0 Å². The largest absolute Gasteiger partial charge is 0.326 e. The van der Waals surface area contributed by atoms with Crippen LogP contribution >= 0.6 is 11.8 Å². The Morgan fingerprint density at radius 2 is 1.78 bits per heavy atom. The molecule has 2 aromatic rings. The second kappa shape index (κ2) is 10.5. The van der Waals surface area contributed by atoms with E-state index in [1.807, 2.05) is 42.5 Å². The van der Waals surface area contributed by atoms with E-state index >= 15 is 0 Å². The van der Waals surface area contributed by atoms with Gasteiger partial charge in [-0.15, -0.1) is 11.8 Å². The van der Waals surface area contributed by atoms with Crippen molar-refractivity contribution in [2.24, 2.45) is 11.0 Å². The zero-order chi connectivity index (χ0) is 22.3. The Morgan fingerprint density at radius 3 is 2.56 bits per heavy atom. The molecule has 3 amide bonds. The van der Waals surface area contributed by atoms with E-state index in [9.17, 15) is 14.4 Å². The number of hydrogen-bond acceptors (Lipinski definition) is 5. The summed E-state index contributed by atoms with van der Waals surface area (Å²) < 4.78 is 0. The van der Waals surface area contributed by atoms with Crippen molar-refractivity contribution in [3.05, 3.63) is 54.6 Å². The average molecular weight is 451 g/mol. The van der Waals surface area contributed by atoms with Crippen LogP contribution in [0.25, 0.3) is 0 Å². The van der Waals surface area contributed by atoms with Crippen molar-refractivity contribution in [1.82, 2.24) is 5.32 Å². The third-order valence-electron chi connectivity index (χ3n) is 5.51. The quantitative estimate of drug-likeness (QED) is 0.647. The summed E-state index contributed by atoms with van der Waals surface area (Å²) >= 11 is 1.37. The van der Waals surface area contributed by atoms with Crippen LogP contribution in [0.5, 0.6) is 0 Å². The first-order valence-corrected chi connectivity index (χ1v) is 11.9. The van der Waals surface area contributed by atoms with Crippen molar-refractivity contribution >= 4 is 46.7 Å². The highest BCUT2D eigenvalue weighted by atomic mass is 32.2. The fraction of sp³-hybridized carbons (Fsp3) is 0.333. The number of hydrogen-bond donors (Lipinski definition) is 2. The van der Waals surface area contributed by atoms with Crippen molar-refractivity contribution in [3.8, 4) is 0 Å². The highest BCUT2D eigenvalue weighted by Crippen LogP contribution is 2.26. The monoisotopic (exact) mass is 450 g/mol. The summed E-state index contributed by atoms with van der Waals surface area (Å²) in [7, 11) is 0. The third kappa shape index (κ3) is 5.76. The molecule has 166 valence electrons. The Kier molecular flexibility index (Phi) is 7.21. The summed E-state index contributed by atoms with van der Waals surface area (Å²) in [6.07, 6.45) is 5.41. The predicted octanol–water partition coefficient (Wildman–Crippen LogP) is 4.16. The second-order valence-electron chi connectivity index (χ2n) is 7.95. The van der Waals surface area contributed by atoms with Gasteiger partial charge in [-0.05, 0) is 43.2 Å². The van der Waals surface area contributed by atoms with Gasteiger partial charge in [-0.3, -0.25) is 14.4 Å². The maximum atomic E-state index is 12.5. The number of carbonyl (C=O) groups is 3. The van der Waals surface area contributed by atoms with Crippen molar-refractivity contribution in [1.29, 1.82) is 0 Å². The SMILES string of the molecule is O=C(CSc1cccc(NC(=O)C2CCCCC2)c1)NC1=NN(c2ccccc2)C(=O)C1. The Balaban J connectivity index is 1.28. The molecule has 7 nitrogen and oxygen atoms in total. The first-order valence-electron chi connectivity index (χ1n) is 10.9. The van der Waals surface area contributed by atoms with Crippen LogP contribution in [0.3, 0.4) is 0 Å². The lowest BCUT2D eigenvalue weighted by molar-refractivity contribution is -0.121. The molecule has 4 rings (SSSR count). The lowest BCUT2D eigenvalue weighted by Crippen LogP contribution is -2.31. The van der Waals surface area contributed by atoms with Crippen LogP contribution in [-0.4, -0.2) is 29.3 Å². The van der Waals surface area contributed by atoms with Gasteiger partial charge in [0.15, 0.2) is 0 Å². The zero-order valence-corrected chi connectivity index (χ0v) is 18.6. The van der Waals surface area contributed by atoms with Crippen LogP contribution < -0.4 is 15.6 Å². The van der Waals surface area contributed by atoms with Crippen LogP contribution in [-0.2, 0) is 14.4 Å². The number of rotatable bonds is 6. The highest BCUT2D eigenvalue weighted by molar-refractivity contribution is 8.00. The van der Waals surface area contributed by atoms with Gasteiger partial charge in [0.2, 0.25) is 11.8 Å². The van der Waals surface area contributed by atoms with Crippen LogP contribution in [0.4, 0.5) is 11.4 Å². The average Bonchev–Trinajstić information content (AvgIpc) is 3.19. The number of thioether (sulfide) groups is 1. The van der Waals surface area contributed by atoms with Gasteiger partial charge in [0.05, 0.1) is 17.9 Å². The normalized spacial score (nSPS) is 16.6. The molecule has 0 atom stereocenters. The first-order chi connectivity index (χ1) is 15.6. The Labute approximate surface area is 191 Å². The predicted molar refractivity (Wildman–Crippen MR) is 126 cm³/mol. The standard InChI is InChI=1S/C24H26N4O3S/c29-22(26-21-15-23(30)28(27-21)19-11-5-2-6-12-19)16-32-20-13-7-10-18(14-20)25-24(31)17-8-3-1-4-9-17/h2,5-7,10-14,17H,1,3-4,8-9,15-16H2,(H,25,31)(H,26,27,29). The van der Waals surface area contributed by atoms with Gasteiger partial charge in [-0.25, -0.2) is 0 Å². The van der Waals surface area contributed by atoms with Crippen molar-refractivity contribution in [2.45, 2.75) is 43.4 Å². The molecule has 2 aromatic carbocycles. The first kappa shape index (κ1) is 22.1. The molecule has 0 aromatic heterocycles. The van der Waals surface area contributed by atoms with E-state index in [1.165, 1.54) is 23.2 Å². The fourth-order valence-electron chi connectivity index (χ4n) is 3.89. The van der Waals surface area contributed by atoms with E-state index < -0.39 is 0 Å². The molecule has 1 saturated carbocycles. The smallest absolute Gasteiger partial charge is 0.255 e. The number of nitrogens with zero attached hydrogens (tertiary/aromatic N) is 2. The molecule has 1 aliphatic heterocycles. The molecule has 0 unspecified atom stereocenters. The summed E-state index contributed by atoms with van der Waals surface area (Å²) in [5.74, 6) is 0.290. The highest BCUT2D eigenvalue weighted by Gasteiger charge is 2.26.